The van der Waals surface area contributed by atoms with E-state index < -0.39 is 0 Å². The third-order valence-electron chi connectivity index (χ3n) is 6.54. The minimum atomic E-state index is 0.634. The lowest BCUT2D eigenvalue weighted by molar-refractivity contribution is 0.122. The molecule has 1 unspecified atom stereocenters. The highest BCUT2D eigenvalue weighted by Gasteiger charge is 2.25. The average Bonchev–Trinajstić information content (AvgIpc) is 2.82. The Balaban J connectivity index is 1.57. The molecule has 0 amide bonds. The van der Waals surface area contributed by atoms with Crippen LogP contribution in [-0.2, 0) is 4.74 Å². The molecule has 2 fully saturated rings. The molecule has 8 heteroatoms. The molecule has 0 saturated carbocycles. The maximum Gasteiger partial charge on any atom is 0.144 e. The molecule has 0 radical (unpaired) electrons. The van der Waals surface area contributed by atoms with E-state index in [2.05, 4.69) is 44.6 Å². The molecule has 0 aliphatic carbocycles. The topological polar surface area (TPSA) is 75.9 Å². The van der Waals surface area contributed by atoms with Crippen LogP contribution in [-0.4, -0.2) is 58.0 Å². The number of piperidine rings is 1. The van der Waals surface area contributed by atoms with Crippen LogP contribution in [0.15, 0.2) is 24.4 Å². The first-order valence-electron chi connectivity index (χ1n) is 10.8. The van der Waals surface area contributed by atoms with Gasteiger partial charge in [0.2, 0.25) is 0 Å². The molecule has 1 aromatic carbocycles. The van der Waals surface area contributed by atoms with E-state index in [1.807, 2.05) is 6.20 Å². The number of hydrogen-bond donors (Lipinski definition) is 2. The minimum absolute atomic E-state index is 0.634. The van der Waals surface area contributed by atoms with Gasteiger partial charge in [0, 0.05) is 68.2 Å². The molecule has 1 atom stereocenters. The number of nitrogens with one attached hydrogen (secondary N) is 1. The molecule has 2 aromatic rings. The Morgan fingerprint density at radius 1 is 1.20 bits per heavy atom. The van der Waals surface area contributed by atoms with Crippen molar-refractivity contribution >= 4 is 34.4 Å². The van der Waals surface area contributed by atoms with Crippen LogP contribution in [0.1, 0.15) is 19.8 Å². The van der Waals surface area contributed by atoms with Gasteiger partial charge >= 0.3 is 0 Å². The summed E-state index contributed by atoms with van der Waals surface area (Å²) in [5.41, 5.74) is 3.40. The third kappa shape index (κ3) is 4.61. The van der Waals surface area contributed by atoms with Crippen LogP contribution in [0.4, 0.5) is 11.4 Å². The second-order valence-electron chi connectivity index (χ2n) is 8.24. The number of methoxy groups -OCH3 is 1. The molecule has 0 spiro atoms. The fourth-order valence-electron chi connectivity index (χ4n) is 4.69. The van der Waals surface area contributed by atoms with Crippen LogP contribution in [0.25, 0.3) is 10.9 Å². The van der Waals surface area contributed by atoms with Gasteiger partial charge in [-0.15, -0.1) is 0 Å². The molecule has 1 aromatic heterocycles. The molecule has 2 aliphatic heterocycles. The monoisotopic (exact) mass is 431 g/mol. The van der Waals surface area contributed by atoms with Crippen molar-refractivity contribution in [3.63, 3.8) is 0 Å². The first kappa shape index (κ1) is 21.5. The zero-order valence-corrected chi connectivity index (χ0v) is 18.8. The van der Waals surface area contributed by atoms with Crippen molar-refractivity contribution < 1.29 is 9.47 Å². The summed E-state index contributed by atoms with van der Waals surface area (Å²) in [6, 6.07) is 6.50. The fraction of sp³-hybridized carbons (Fsp3) is 0.591. The standard InChI is InChI=1S/C22H33N5O2S/c1-16(15-25-30-23)17-4-7-26(8-5-17)20-3-6-24-19-14-22(28-2)21(13-18(19)20)27-9-11-29-12-10-27/h3,6,13-14,16-17,25H,4-5,7-12,15,23H2,1-2H3. The number of aromatic nitrogens is 1. The highest BCUT2D eigenvalue weighted by atomic mass is 32.2. The number of fused-ring (bicyclic) bond motifs is 1. The summed E-state index contributed by atoms with van der Waals surface area (Å²) in [7, 11) is 1.74. The minimum Gasteiger partial charge on any atom is -0.495 e. The number of benzene rings is 1. The number of anilines is 2. The summed E-state index contributed by atoms with van der Waals surface area (Å²) in [4.78, 5) is 9.51. The van der Waals surface area contributed by atoms with E-state index in [1.165, 1.54) is 36.0 Å². The lowest BCUT2D eigenvalue weighted by Gasteiger charge is -2.37. The zero-order valence-electron chi connectivity index (χ0n) is 18.0. The summed E-state index contributed by atoms with van der Waals surface area (Å²) in [6.07, 6.45) is 4.32. The third-order valence-corrected chi connectivity index (χ3v) is 6.88. The smallest absolute Gasteiger partial charge is 0.144 e. The Hall–Kier alpha value is -1.74. The zero-order chi connectivity index (χ0) is 20.9. The molecule has 30 heavy (non-hydrogen) atoms. The summed E-state index contributed by atoms with van der Waals surface area (Å²) in [6.45, 7) is 8.71. The van der Waals surface area contributed by atoms with Crippen molar-refractivity contribution in [1.29, 1.82) is 0 Å². The summed E-state index contributed by atoms with van der Waals surface area (Å²) in [5, 5.41) is 6.72. The van der Waals surface area contributed by atoms with Crippen molar-refractivity contribution in [2.75, 3.05) is 62.8 Å². The number of nitrogens with two attached hydrogens (primary N) is 1. The van der Waals surface area contributed by atoms with Crippen molar-refractivity contribution in [3.05, 3.63) is 24.4 Å². The van der Waals surface area contributed by atoms with E-state index in [-0.39, 0.29) is 0 Å². The SMILES string of the molecule is COc1cc2nccc(N3CCC(C(C)CNSN)CC3)c2cc1N1CCOCC1. The number of nitrogens with zero attached hydrogens (tertiary/aromatic N) is 3. The quantitative estimate of drug-likeness (QED) is 0.648. The molecule has 2 saturated heterocycles. The van der Waals surface area contributed by atoms with Crippen LogP contribution in [0.2, 0.25) is 0 Å². The lowest BCUT2D eigenvalue weighted by atomic mass is 9.85. The lowest BCUT2D eigenvalue weighted by Crippen LogP contribution is -2.37. The van der Waals surface area contributed by atoms with Gasteiger partial charge in [-0.05, 0) is 36.8 Å². The highest BCUT2D eigenvalue weighted by Crippen LogP contribution is 2.38. The largest absolute Gasteiger partial charge is 0.495 e. The van der Waals surface area contributed by atoms with Crippen molar-refractivity contribution in [1.82, 2.24) is 9.71 Å². The first-order chi connectivity index (χ1) is 14.7. The Labute approximate surface area is 183 Å². The second kappa shape index (κ2) is 10.0. The molecule has 3 heterocycles. The Kier molecular flexibility index (Phi) is 7.20. The number of morpholine rings is 1. The molecule has 3 N–H and O–H groups in total. The van der Waals surface area contributed by atoms with Crippen molar-refractivity contribution in [2.45, 2.75) is 19.8 Å². The van der Waals surface area contributed by atoms with Crippen LogP contribution in [0.3, 0.4) is 0 Å². The van der Waals surface area contributed by atoms with E-state index in [0.29, 0.717) is 5.92 Å². The Morgan fingerprint density at radius 3 is 2.63 bits per heavy atom. The number of pyridine rings is 1. The first-order valence-corrected chi connectivity index (χ1v) is 11.7. The van der Waals surface area contributed by atoms with E-state index in [1.54, 1.807) is 7.11 Å². The van der Waals surface area contributed by atoms with Crippen LogP contribution in [0.5, 0.6) is 5.75 Å². The predicted molar refractivity (Wildman–Crippen MR) is 125 cm³/mol. The predicted octanol–water partition coefficient (Wildman–Crippen LogP) is 3.04. The second-order valence-corrected chi connectivity index (χ2v) is 8.76. The maximum absolute atomic E-state index is 5.71. The van der Waals surface area contributed by atoms with Crippen molar-refractivity contribution in [3.8, 4) is 5.75 Å². The Morgan fingerprint density at radius 2 is 1.93 bits per heavy atom. The normalized spacial score (nSPS) is 19.3. The van der Waals surface area contributed by atoms with Crippen LogP contribution in [0, 0.1) is 11.8 Å². The van der Waals surface area contributed by atoms with Gasteiger partial charge < -0.3 is 19.3 Å². The number of ether oxygens (including phenoxy) is 2. The van der Waals surface area contributed by atoms with Gasteiger partial charge in [-0.1, -0.05) is 6.92 Å². The molecular weight excluding hydrogens is 398 g/mol. The molecule has 4 rings (SSSR count). The summed E-state index contributed by atoms with van der Waals surface area (Å²) in [5.74, 6) is 2.25. The molecule has 7 nitrogen and oxygen atoms in total. The van der Waals surface area contributed by atoms with Gasteiger partial charge in [-0.25, -0.2) is 0 Å². The summed E-state index contributed by atoms with van der Waals surface area (Å²) >= 11 is 1.22. The van der Waals surface area contributed by atoms with Gasteiger partial charge in [-0.2, -0.15) is 0 Å². The van der Waals surface area contributed by atoms with Gasteiger partial charge in [0.25, 0.3) is 0 Å². The van der Waals surface area contributed by atoms with E-state index >= 15 is 0 Å². The molecule has 2 aliphatic rings. The van der Waals surface area contributed by atoms with Gasteiger partial charge in [0.1, 0.15) is 5.75 Å². The van der Waals surface area contributed by atoms with Gasteiger partial charge in [0.15, 0.2) is 0 Å². The van der Waals surface area contributed by atoms with E-state index in [9.17, 15) is 0 Å². The molecule has 164 valence electrons. The van der Waals surface area contributed by atoms with Crippen LogP contribution >= 0.6 is 12.1 Å². The van der Waals surface area contributed by atoms with Crippen LogP contribution < -0.4 is 24.4 Å². The van der Waals surface area contributed by atoms with E-state index in [4.69, 9.17) is 14.6 Å². The van der Waals surface area contributed by atoms with Crippen molar-refractivity contribution in [2.24, 2.45) is 17.0 Å². The number of rotatable bonds is 7. The number of hydrogen-bond acceptors (Lipinski definition) is 8. The fourth-order valence-corrected chi connectivity index (χ4v) is 5.05. The highest BCUT2D eigenvalue weighted by molar-refractivity contribution is 7.95. The van der Waals surface area contributed by atoms with E-state index in [0.717, 1.165) is 68.8 Å². The van der Waals surface area contributed by atoms with Gasteiger partial charge in [0.05, 0.1) is 31.5 Å². The average molecular weight is 432 g/mol. The maximum atomic E-state index is 5.71. The van der Waals surface area contributed by atoms with Gasteiger partial charge in [-0.3, -0.25) is 14.8 Å². The Bertz CT molecular complexity index is 838. The summed E-state index contributed by atoms with van der Waals surface area (Å²) < 4.78 is 14.5. The molecule has 0 bridgehead atoms. The molecular formula is C22H33N5O2S.